The molecule has 0 spiro atoms. The standard InChI is InChI=1S/C14H16N2O3S/c1-10-7-11-3-2-4-13(14(11)15-8-10)20(18,19)16-6-5-12(17)9-16/h2-4,7-8,12,17H,5-6,9H2,1H3/t12-/m0/s1. The zero-order valence-corrected chi connectivity index (χ0v) is 12.0. The molecule has 1 saturated heterocycles. The number of aromatic nitrogens is 1. The Labute approximate surface area is 117 Å². The highest BCUT2D eigenvalue weighted by Gasteiger charge is 2.32. The molecule has 0 unspecified atom stereocenters. The fraction of sp³-hybridized carbons (Fsp3) is 0.357. The zero-order chi connectivity index (χ0) is 14.3. The summed E-state index contributed by atoms with van der Waals surface area (Å²) in [6.45, 7) is 2.43. The maximum Gasteiger partial charge on any atom is 0.245 e. The van der Waals surface area contributed by atoms with Gasteiger partial charge >= 0.3 is 0 Å². The van der Waals surface area contributed by atoms with Crippen molar-refractivity contribution >= 4 is 20.9 Å². The van der Waals surface area contributed by atoms with Gasteiger partial charge in [0.15, 0.2) is 0 Å². The summed E-state index contributed by atoms with van der Waals surface area (Å²) in [6, 6.07) is 7.07. The first-order valence-corrected chi connectivity index (χ1v) is 7.96. The fourth-order valence-electron chi connectivity index (χ4n) is 2.52. The summed E-state index contributed by atoms with van der Waals surface area (Å²) in [5.74, 6) is 0. The summed E-state index contributed by atoms with van der Waals surface area (Å²) in [6.07, 6.45) is 1.58. The Hall–Kier alpha value is -1.50. The van der Waals surface area contributed by atoms with Crippen molar-refractivity contribution in [3.63, 3.8) is 0 Å². The van der Waals surface area contributed by atoms with Crippen LogP contribution in [0.5, 0.6) is 0 Å². The predicted molar refractivity (Wildman–Crippen MR) is 75.9 cm³/mol. The van der Waals surface area contributed by atoms with Gasteiger partial charge in [-0.1, -0.05) is 12.1 Å². The molecular weight excluding hydrogens is 276 g/mol. The number of aryl methyl sites for hydroxylation is 1. The summed E-state index contributed by atoms with van der Waals surface area (Å²) >= 11 is 0. The van der Waals surface area contributed by atoms with Crippen LogP contribution in [0.1, 0.15) is 12.0 Å². The third kappa shape index (κ3) is 2.19. The van der Waals surface area contributed by atoms with Gasteiger partial charge in [0.1, 0.15) is 4.90 Å². The number of hydrogen-bond acceptors (Lipinski definition) is 4. The number of sulfonamides is 1. The topological polar surface area (TPSA) is 70.5 Å². The van der Waals surface area contributed by atoms with Crippen LogP contribution >= 0.6 is 0 Å². The van der Waals surface area contributed by atoms with Crippen LogP contribution in [0.25, 0.3) is 10.9 Å². The molecule has 1 aromatic carbocycles. The van der Waals surface area contributed by atoms with Gasteiger partial charge < -0.3 is 5.11 Å². The van der Waals surface area contributed by atoms with Gasteiger partial charge in [0.25, 0.3) is 0 Å². The number of para-hydroxylation sites is 1. The minimum absolute atomic E-state index is 0.157. The Balaban J connectivity index is 2.14. The van der Waals surface area contributed by atoms with Crippen molar-refractivity contribution in [2.24, 2.45) is 0 Å². The smallest absolute Gasteiger partial charge is 0.245 e. The lowest BCUT2D eigenvalue weighted by Gasteiger charge is -2.16. The number of rotatable bonds is 2. The lowest BCUT2D eigenvalue weighted by atomic mass is 10.2. The van der Waals surface area contributed by atoms with Gasteiger partial charge in [-0.05, 0) is 31.0 Å². The van der Waals surface area contributed by atoms with Crippen LogP contribution in [0, 0.1) is 6.92 Å². The van der Waals surface area contributed by atoms with Gasteiger partial charge in [-0.3, -0.25) is 4.98 Å². The molecule has 0 amide bonds. The van der Waals surface area contributed by atoms with Crippen molar-refractivity contribution in [1.29, 1.82) is 0 Å². The maximum atomic E-state index is 12.7. The van der Waals surface area contributed by atoms with Crippen molar-refractivity contribution in [3.05, 3.63) is 36.0 Å². The van der Waals surface area contributed by atoms with Crippen LogP contribution in [0.4, 0.5) is 0 Å². The Kier molecular flexibility index (Phi) is 3.24. The van der Waals surface area contributed by atoms with Gasteiger partial charge in [-0.15, -0.1) is 0 Å². The van der Waals surface area contributed by atoms with Crippen molar-refractivity contribution in [3.8, 4) is 0 Å². The molecule has 1 N–H and O–H groups in total. The van der Waals surface area contributed by atoms with E-state index in [0.717, 1.165) is 10.9 Å². The molecule has 2 aromatic rings. The SMILES string of the molecule is Cc1cnc2c(S(=O)(=O)N3CC[C@H](O)C3)cccc2c1. The lowest BCUT2D eigenvalue weighted by molar-refractivity contribution is 0.189. The maximum absolute atomic E-state index is 12.7. The summed E-state index contributed by atoms with van der Waals surface area (Å²) in [5, 5.41) is 10.3. The summed E-state index contributed by atoms with van der Waals surface area (Å²) in [4.78, 5) is 4.48. The second kappa shape index (κ2) is 4.80. The molecule has 20 heavy (non-hydrogen) atoms. The van der Waals surface area contributed by atoms with E-state index in [1.165, 1.54) is 4.31 Å². The lowest BCUT2D eigenvalue weighted by Crippen LogP contribution is -2.30. The number of aliphatic hydroxyl groups excluding tert-OH is 1. The number of hydrogen-bond donors (Lipinski definition) is 1. The Bertz CT molecular complexity index is 758. The summed E-state index contributed by atoms with van der Waals surface area (Å²) < 4.78 is 26.6. The van der Waals surface area contributed by atoms with Crippen LogP contribution < -0.4 is 0 Å². The predicted octanol–water partition coefficient (Wildman–Crippen LogP) is 1.30. The van der Waals surface area contributed by atoms with E-state index < -0.39 is 16.1 Å². The average Bonchev–Trinajstić information content (AvgIpc) is 2.85. The van der Waals surface area contributed by atoms with Gasteiger partial charge in [0, 0.05) is 24.7 Å². The van der Waals surface area contributed by atoms with Crippen LogP contribution in [-0.4, -0.2) is 42.0 Å². The van der Waals surface area contributed by atoms with Gasteiger partial charge in [0.2, 0.25) is 10.0 Å². The van der Waals surface area contributed by atoms with Crippen LogP contribution in [0.3, 0.4) is 0 Å². The summed E-state index contributed by atoms with van der Waals surface area (Å²) in [5.41, 5.74) is 1.48. The molecule has 2 heterocycles. The molecule has 106 valence electrons. The first kappa shape index (κ1) is 13.5. The van der Waals surface area contributed by atoms with Gasteiger partial charge in [-0.25, -0.2) is 8.42 Å². The molecule has 1 atom stereocenters. The third-order valence-electron chi connectivity index (χ3n) is 3.55. The van der Waals surface area contributed by atoms with Gasteiger partial charge in [-0.2, -0.15) is 4.31 Å². The van der Waals surface area contributed by atoms with Crippen LogP contribution in [-0.2, 0) is 10.0 Å². The van der Waals surface area contributed by atoms with Gasteiger partial charge in [0.05, 0.1) is 11.6 Å². The minimum atomic E-state index is -3.60. The van der Waals surface area contributed by atoms with Crippen molar-refractivity contribution in [1.82, 2.24) is 9.29 Å². The molecule has 3 rings (SSSR count). The van der Waals surface area contributed by atoms with E-state index in [4.69, 9.17) is 0 Å². The normalized spacial score (nSPS) is 20.6. The van der Waals surface area contributed by atoms with Crippen molar-refractivity contribution in [2.45, 2.75) is 24.3 Å². The molecule has 1 fully saturated rings. The Morgan fingerprint density at radius 3 is 2.90 bits per heavy atom. The van der Waals surface area contributed by atoms with Crippen molar-refractivity contribution in [2.75, 3.05) is 13.1 Å². The molecular formula is C14H16N2O3S. The number of aliphatic hydroxyl groups is 1. The van der Waals surface area contributed by atoms with E-state index in [9.17, 15) is 13.5 Å². The number of benzene rings is 1. The third-order valence-corrected chi connectivity index (χ3v) is 5.45. The van der Waals surface area contributed by atoms with E-state index in [-0.39, 0.29) is 11.4 Å². The largest absolute Gasteiger partial charge is 0.392 e. The monoisotopic (exact) mass is 292 g/mol. The molecule has 1 aliphatic rings. The molecule has 1 aliphatic heterocycles. The quantitative estimate of drug-likeness (QED) is 0.905. The van der Waals surface area contributed by atoms with E-state index in [1.807, 2.05) is 19.1 Å². The molecule has 6 heteroatoms. The Morgan fingerprint density at radius 1 is 1.40 bits per heavy atom. The minimum Gasteiger partial charge on any atom is -0.392 e. The highest BCUT2D eigenvalue weighted by Crippen LogP contribution is 2.27. The molecule has 5 nitrogen and oxygen atoms in total. The molecule has 0 radical (unpaired) electrons. The van der Waals surface area contributed by atoms with Crippen LogP contribution in [0.2, 0.25) is 0 Å². The van der Waals surface area contributed by atoms with E-state index >= 15 is 0 Å². The van der Waals surface area contributed by atoms with Crippen molar-refractivity contribution < 1.29 is 13.5 Å². The number of nitrogens with zero attached hydrogens (tertiary/aromatic N) is 2. The molecule has 1 aromatic heterocycles. The van der Waals surface area contributed by atoms with E-state index in [0.29, 0.717) is 18.5 Å². The molecule has 0 bridgehead atoms. The highest BCUT2D eigenvalue weighted by molar-refractivity contribution is 7.89. The fourth-order valence-corrected chi connectivity index (χ4v) is 4.18. The zero-order valence-electron chi connectivity index (χ0n) is 11.2. The van der Waals surface area contributed by atoms with Crippen LogP contribution in [0.15, 0.2) is 35.4 Å². The highest BCUT2D eigenvalue weighted by atomic mass is 32.2. The molecule has 0 saturated carbocycles. The average molecular weight is 292 g/mol. The molecule has 0 aliphatic carbocycles. The Morgan fingerprint density at radius 2 is 2.20 bits per heavy atom. The first-order valence-electron chi connectivity index (χ1n) is 6.52. The summed E-state index contributed by atoms with van der Waals surface area (Å²) in [7, 11) is -3.60. The second-order valence-corrected chi connectivity index (χ2v) is 7.05. The van der Waals surface area contributed by atoms with E-state index in [1.54, 1.807) is 18.3 Å². The number of β-amino-alcohol motifs (C(OH)–C–C–N with tert-alkyl or cyclic N) is 1. The number of fused-ring (bicyclic) bond motifs is 1. The van der Waals surface area contributed by atoms with E-state index in [2.05, 4.69) is 4.98 Å². The number of pyridine rings is 1. The first-order chi connectivity index (χ1) is 9.48. The second-order valence-electron chi connectivity index (χ2n) is 5.15.